The summed E-state index contributed by atoms with van der Waals surface area (Å²) in [6, 6.07) is 17.5. The number of methoxy groups -OCH3 is 1. The smallest absolute Gasteiger partial charge is 0.315 e. The van der Waals surface area contributed by atoms with Crippen molar-refractivity contribution >= 4 is 28.6 Å². The molecule has 4 rings (SSSR count). The standard InChI is InChI=1S/C23H21NO4S/c1-14-19(22(25)27-2)20(21-17(24-14)13-29-23(21)26)16-10-6-7-11-18(16)28-12-15-8-4-3-5-9-15/h3-11,19-20H,12-13H2,1-2H3. The lowest BCUT2D eigenvalue weighted by molar-refractivity contribution is -0.143. The van der Waals surface area contributed by atoms with Crippen molar-refractivity contribution in [3.05, 3.63) is 77.0 Å². The van der Waals surface area contributed by atoms with E-state index < -0.39 is 17.8 Å². The number of esters is 1. The predicted molar refractivity (Wildman–Crippen MR) is 113 cm³/mol. The Balaban J connectivity index is 1.76. The molecule has 0 saturated carbocycles. The molecule has 5 nitrogen and oxygen atoms in total. The van der Waals surface area contributed by atoms with Crippen molar-refractivity contribution < 1.29 is 19.1 Å². The van der Waals surface area contributed by atoms with Crippen LogP contribution in [0, 0.1) is 5.92 Å². The predicted octanol–water partition coefficient (Wildman–Crippen LogP) is 4.14. The Morgan fingerprint density at radius 2 is 1.86 bits per heavy atom. The monoisotopic (exact) mass is 407 g/mol. The highest BCUT2D eigenvalue weighted by Crippen LogP contribution is 2.47. The summed E-state index contributed by atoms with van der Waals surface area (Å²) in [7, 11) is 1.36. The number of hydrogen-bond acceptors (Lipinski definition) is 6. The maximum atomic E-state index is 12.7. The van der Waals surface area contributed by atoms with Crippen LogP contribution in [0.1, 0.15) is 24.0 Å². The van der Waals surface area contributed by atoms with Crippen LogP contribution in [0.15, 0.2) is 70.9 Å². The maximum Gasteiger partial charge on any atom is 0.315 e. The van der Waals surface area contributed by atoms with Crippen LogP contribution >= 0.6 is 11.8 Å². The Morgan fingerprint density at radius 1 is 1.14 bits per heavy atom. The highest BCUT2D eigenvalue weighted by Gasteiger charge is 2.45. The van der Waals surface area contributed by atoms with Crippen LogP contribution in [0.4, 0.5) is 0 Å². The lowest BCUT2D eigenvalue weighted by atomic mass is 9.76. The van der Waals surface area contributed by atoms with E-state index in [9.17, 15) is 9.59 Å². The molecule has 148 valence electrons. The molecule has 0 N–H and O–H groups in total. The number of carbonyl (C=O) groups excluding carboxylic acids is 2. The van der Waals surface area contributed by atoms with Gasteiger partial charge in [-0.2, -0.15) is 0 Å². The minimum Gasteiger partial charge on any atom is -0.489 e. The third-order valence-corrected chi connectivity index (χ3v) is 6.12. The van der Waals surface area contributed by atoms with Gasteiger partial charge in [0.1, 0.15) is 18.3 Å². The molecule has 2 unspecified atom stereocenters. The van der Waals surface area contributed by atoms with Gasteiger partial charge in [-0.05, 0) is 18.6 Å². The molecule has 0 aromatic heterocycles. The van der Waals surface area contributed by atoms with Gasteiger partial charge in [0.25, 0.3) is 0 Å². The van der Waals surface area contributed by atoms with E-state index in [1.54, 1.807) is 0 Å². The highest BCUT2D eigenvalue weighted by atomic mass is 32.2. The minimum absolute atomic E-state index is 0.0342. The Bertz CT molecular complexity index is 1010. The van der Waals surface area contributed by atoms with Crippen molar-refractivity contribution in [3.63, 3.8) is 0 Å². The van der Waals surface area contributed by atoms with E-state index in [2.05, 4.69) is 4.99 Å². The second-order valence-corrected chi connectivity index (χ2v) is 7.93. The number of para-hydroxylation sites is 1. The Kier molecular flexibility index (Phi) is 5.53. The van der Waals surface area contributed by atoms with Crippen LogP contribution in [0.5, 0.6) is 5.75 Å². The van der Waals surface area contributed by atoms with E-state index in [1.807, 2.05) is 61.5 Å². The first-order chi connectivity index (χ1) is 14.1. The van der Waals surface area contributed by atoms with E-state index in [-0.39, 0.29) is 5.12 Å². The fraction of sp³-hybridized carbons (Fsp3) is 0.261. The second-order valence-electron chi connectivity index (χ2n) is 6.98. The average molecular weight is 407 g/mol. The molecule has 2 heterocycles. The van der Waals surface area contributed by atoms with Crippen LogP contribution in [-0.2, 0) is 20.9 Å². The van der Waals surface area contributed by atoms with Crippen molar-refractivity contribution in [1.29, 1.82) is 0 Å². The van der Waals surface area contributed by atoms with Gasteiger partial charge in [0.2, 0.25) is 5.12 Å². The summed E-state index contributed by atoms with van der Waals surface area (Å²) in [5, 5.41) is -0.0342. The molecule has 29 heavy (non-hydrogen) atoms. The summed E-state index contributed by atoms with van der Waals surface area (Å²) in [4.78, 5) is 29.9. The first-order valence-electron chi connectivity index (χ1n) is 9.39. The molecule has 2 aliphatic rings. The largest absolute Gasteiger partial charge is 0.489 e. The first-order valence-corrected chi connectivity index (χ1v) is 10.4. The van der Waals surface area contributed by atoms with E-state index in [0.717, 1.165) is 16.8 Å². The normalized spacial score (nSPS) is 20.9. The van der Waals surface area contributed by atoms with Crippen LogP contribution < -0.4 is 4.74 Å². The van der Waals surface area contributed by atoms with Crippen molar-refractivity contribution in [2.24, 2.45) is 10.9 Å². The van der Waals surface area contributed by atoms with Gasteiger partial charge in [-0.15, -0.1) is 0 Å². The molecule has 0 saturated heterocycles. The van der Waals surface area contributed by atoms with Gasteiger partial charge in [0.05, 0.1) is 12.8 Å². The number of rotatable bonds is 5. The molecule has 6 heteroatoms. The number of hydrogen-bond donors (Lipinski definition) is 0. The van der Waals surface area contributed by atoms with Crippen LogP contribution in [0.3, 0.4) is 0 Å². The third-order valence-electron chi connectivity index (χ3n) is 5.22. The highest BCUT2D eigenvalue weighted by molar-refractivity contribution is 8.14. The number of ether oxygens (including phenoxy) is 2. The van der Waals surface area contributed by atoms with Gasteiger partial charge in [0, 0.05) is 28.5 Å². The zero-order valence-corrected chi connectivity index (χ0v) is 17.1. The molecule has 0 bridgehead atoms. The SMILES string of the molecule is COC(=O)C1C(C)=NC2=C(C(=O)SC2)C1c1ccccc1OCc1ccccc1. The Morgan fingerprint density at radius 3 is 2.62 bits per heavy atom. The topological polar surface area (TPSA) is 65.0 Å². The summed E-state index contributed by atoms with van der Waals surface area (Å²) in [5.41, 5.74) is 3.85. The molecular formula is C23H21NO4S. The van der Waals surface area contributed by atoms with Crippen molar-refractivity contribution in [1.82, 2.24) is 0 Å². The van der Waals surface area contributed by atoms with Gasteiger partial charge >= 0.3 is 5.97 Å². The Hall–Kier alpha value is -2.86. The second kappa shape index (κ2) is 8.25. The van der Waals surface area contributed by atoms with Gasteiger partial charge in [-0.1, -0.05) is 60.3 Å². The molecule has 2 atom stereocenters. The van der Waals surface area contributed by atoms with Crippen LogP contribution in [0.25, 0.3) is 0 Å². The molecule has 0 amide bonds. The van der Waals surface area contributed by atoms with Crippen molar-refractivity contribution in [3.8, 4) is 5.75 Å². The van der Waals surface area contributed by atoms with E-state index in [1.165, 1.54) is 18.9 Å². The molecular weight excluding hydrogens is 386 g/mol. The molecule has 0 spiro atoms. The quantitative estimate of drug-likeness (QED) is 0.697. The zero-order chi connectivity index (χ0) is 20.4. The van der Waals surface area contributed by atoms with E-state index in [0.29, 0.717) is 29.4 Å². The number of thioether (sulfide) groups is 1. The minimum atomic E-state index is -0.650. The Labute approximate surface area is 173 Å². The fourth-order valence-corrected chi connectivity index (χ4v) is 4.76. The lowest BCUT2D eigenvalue weighted by Gasteiger charge is -2.30. The summed E-state index contributed by atoms with van der Waals surface area (Å²) in [6.45, 7) is 2.22. The molecule has 0 radical (unpaired) electrons. The third kappa shape index (κ3) is 3.72. The van der Waals surface area contributed by atoms with Gasteiger partial charge in [-0.25, -0.2) is 0 Å². The lowest BCUT2D eigenvalue weighted by Crippen LogP contribution is -2.34. The molecule has 2 aromatic rings. The average Bonchev–Trinajstić information content (AvgIpc) is 3.12. The summed E-state index contributed by atoms with van der Waals surface area (Å²) >= 11 is 1.23. The molecule has 0 aliphatic carbocycles. The summed E-state index contributed by atoms with van der Waals surface area (Å²) in [5.74, 6) is -0.331. The van der Waals surface area contributed by atoms with Crippen molar-refractivity contribution in [2.75, 3.05) is 12.9 Å². The fourth-order valence-electron chi connectivity index (χ4n) is 3.87. The van der Waals surface area contributed by atoms with Gasteiger partial charge in [-0.3, -0.25) is 14.6 Å². The molecule has 2 aromatic carbocycles. The zero-order valence-electron chi connectivity index (χ0n) is 16.3. The first kappa shape index (κ1) is 19.5. The van der Waals surface area contributed by atoms with Crippen molar-refractivity contribution in [2.45, 2.75) is 19.4 Å². The van der Waals surface area contributed by atoms with Gasteiger partial charge in [0.15, 0.2) is 0 Å². The number of benzene rings is 2. The summed E-state index contributed by atoms with van der Waals surface area (Å²) in [6.07, 6.45) is 0. The summed E-state index contributed by atoms with van der Waals surface area (Å²) < 4.78 is 11.2. The van der Waals surface area contributed by atoms with E-state index in [4.69, 9.17) is 9.47 Å². The van der Waals surface area contributed by atoms with Crippen LogP contribution in [0.2, 0.25) is 0 Å². The molecule has 2 aliphatic heterocycles. The van der Waals surface area contributed by atoms with E-state index >= 15 is 0 Å². The number of nitrogens with zero attached hydrogens (tertiary/aromatic N) is 1. The molecule has 0 fully saturated rings. The number of aliphatic imine (C=N–C) groups is 1. The maximum absolute atomic E-state index is 12.7. The van der Waals surface area contributed by atoms with Gasteiger partial charge < -0.3 is 9.47 Å². The number of carbonyl (C=O) groups is 2. The van der Waals surface area contributed by atoms with Crippen LogP contribution in [-0.4, -0.2) is 29.7 Å².